The summed E-state index contributed by atoms with van der Waals surface area (Å²) in [6.07, 6.45) is 0.763. The van der Waals surface area contributed by atoms with E-state index in [1.54, 1.807) is 18.2 Å². The van der Waals surface area contributed by atoms with Gasteiger partial charge in [-0.05, 0) is 43.7 Å². The van der Waals surface area contributed by atoms with E-state index in [9.17, 15) is 13.2 Å². The van der Waals surface area contributed by atoms with Crippen molar-refractivity contribution in [3.63, 3.8) is 0 Å². The minimum Gasteiger partial charge on any atom is -0.495 e. The normalized spacial score (nSPS) is 12.3. The molecule has 1 atom stereocenters. The Morgan fingerprint density at radius 2 is 1.92 bits per heavy atom. The molecule has 26 heavy (non-hydrogen) atoms. The number of halogens is 1. The molecule has 0 aliphatic heterocycles. The number of methoxy groups -OCH3 is 1. The van der Waals surface area contributed by atoms with Gasteiger partial charge in [-0.1, -0.05) is 30.7 Å². The first kappa shape index (κ1) is 20.1. The second kappa shape index (κ2) is 8.42. The molecule has 2 N–H and O–H groups in total. The Bertz CT molecular complexity index is 900. The predicted molar refractivity (Wildman–Crippen MR) is 102 cm³/mol. The van der Waals surface area contributed by atoms with Crippen LogP contribution in [-0.2, 0) is 10.0 Å². The molecule has 8 heteroatoms. The molecule has 0 bridgehead atoms. The number of hydrogen-bond donors (Lipinski definition) is 2. The van der Waals surface area contributed by atoms with Gasteiger partial charge in [-0.15, -0.1) is 0 Å². The van der Waals surface area contributed by atoms with E-state index in [1.165, 1.54) is 31.4 Å². The van der Waals surface area contributed by atoms with Crippen LogP contribution < -0.4 is 14.8 Å². The van der Waals surface area contributed by atoms with Gasteiger partial charge in [0.25, 0.3) is 15.9 Å². The van der Waals surface area contributed by atoms with E-state index in [0.29, 0.717) is 0 Å². The lowest BCUT2D eigenvalue weighted by atomic mass is 10.1. The quantitative estimate of drug-likeness (QED) is 0.747. The van der Waals surface area contributed by atoms with Gasteiger partial charge in [0.1, 0.15) is 10.6 Å². The summed E-state index contributed by atoms with van der Waals surface area (Å²) in [5.41, 5.74) is 0.410. The number of para-hydroxylation sites is 1. The van der Waals surface area contributed by atoms with Crippen LogP contribution >= 0.6 is 11.6 Å². The lowest BCUT2D eigenvalue weighted by Gasteiger charge is -2.16. The molecule has 0 saturated carbocycles. The summed E-state index contributed by atoms with van der Waals surface area (Å²) in [6.45, 7) is 3.83. The lowest BCUT2D eigenvalue weighted by Crippen LogP contribution is -2.32. The van der Waals surface area contributed by atoms with Gasteiger partial charge < -0.3 is 10.1 Å². The van der Waals surface area contributed by atoms with Crippen molar-refractivity contribution in [2.75, 3.05) is 11.8 Å². The number of ether oxygens (including phenoxy) is 1. The number of hydrogen-bond acceptors (Lipinski definition) is 4. The summed E-state index contributed by atoms with van der Waals surface area (Å²) in [4.78, 5) is 12.3. The molecule has 0 heterocycles. The molecule has 0 saturated heterocycles. The molecule has 2 aromatic carbocycles. The fourth-order valence-electron chi connectivity index (χ4n) is 2.23. The minimum atomic E-state index is -4.01. The van der Waals surface area contributed by atoms with Crippen molar-refractivity contribution < 1.29 is 17.9 Å². The van der Waals surface area contributed by atoms with Crippen molar-refractivity contribution in [3.8, 4) is 5.75 Å². The van der Waals surface area contributed by atoms with Crippen LogP contribution in [0.3, 0.4) is 0 Å². The van der Waals surface area contributed by atoms with Crippen LogP contribution in [0.4, 0.5) is 5.69 Å². The first-order valence-electron chi connectivity index (χ1n) is 8.04. The average molecular weight is 397 g/mol. The van der Waals surface area contributed by atoms with Gasteiger partial charge in [0.2, 0.25) is 0 Å². The van der Waals surface area contributed by atoms with Crippen molar-refractivity contribution in [2.45, 2.75) is 31.2 Å². The molecule has 1 amide bonds. The highest BCUT2D eigenvalue weighted by Crippen LogP contribution is 2.29. The molecule has 0 aliphatic carbocycles. The zero-order valence-corrected chi connectivity index (χ0v) is 16.3. The average Bonchev–Trinajstić information content (AvgIpc) is 2.61. The molecule has 0 aliphatic rings. The summed E-state index contributed by atoms with van der Waals surface area (Å²) in [6, 6.07) is 10.7. The maximum absolute atomic E-state index is 12.8. The SMILES string of the molecule is CC[C@@H](C)NC(=O)c1ccccc1NS(=O)(=O)c1cc(Cl)ccc1OC. The van der Waals surface area contributed by atoms with E-state index in [2.05, 4.69) is 10.0 Å². The molecule has 0 unspecified atom stereocenters. The highest BCUT2D eigenvalue weighted by atomic mass is 35.5. The molecule has 140 valence electrons. The number of nitrogens with one attached hydrogen (secondary N) is 2. The van der Waals surface area contributed by atoms with Crippen molar-refractivity contribution in [1.29, 1.82) is 0 Å². The van der Waals surface area contributed by atoms with Gasteiger partial charge in [-0.2, -0.15) is 0 Å². The third-order valence-electron chi connectivity index (χ3n) is 3.82. The summed E-state index contributed by atoms with van der Waals surface area (Å²) < 4.78 is 33.2. The number of carbonyl (C=O) groups is 1. The standard InChI is InChI=1S/C18H21ClN2O4S/c1-4-12(2)20-18(22)14-7-5-6-8-15(14)21-26(23,24)17-11-13(19)9-10-16(17)25-3/h5-12,21H,4H2,1-3H3,(H,20,22)/t12-/m1/s1. The van der Waals surface area contributed by atoms with Crippen LogP contribution in [0.2, 0.25) is 5.02 Å². The van der Waals surface area contributed by atoms with Crippen molar-refractivity contribution in [3.05, 3.63) is 53.1 Å². The monoisotopic (exact) mass is 396 g/mol. The molecule has 0 radical (unpaired) electrons. The van der Waals surface area contributed by atoms with Gasteiger partial charge >= 0.3 is 0 Å². The number of rotatable bonds is 7. The number of carbonyl (C=O) groups excluding carboxylic acids is 1. The topological polar surface area (TPSA) is 84.5 Å². The fraction of sp³-hybridized carbons (Fsp3) is 0.278. The predicted octanol–water partition coefficient (Wildman–Crippen LogP) is 3.68. The van der Waals surface area contributed by atoms with E-state index in [0.717, 1.165) is 6.42 Å². The Morgan fingerprint density at radius 3 is 2.58 bits per heavy atom. The van der Waals surface area contributed by atoms with Gasteiger partial charge in [0.15, 0.2) is 0 Å². The Morgan fingerprint density at radius 1 is 1.23 bits per heavy atom. The minimum absolute atomic E-state index is 0.0276. The summed E-state index contributed by atoms with van der Waals surface area (Å²) in [5, 5.41) is 3.08. The van der Waals surface area contributed by atoms with E-state index in [4.69, 9.17) is 16.3 Å². The van der Waals surface area contributed by atoms with Crippen LogP contribution in [0.25, 0.3) is 0 Å². The van der Waals surface area contributed by atoms with Crippen LogP contribution in [0, 0.1) is 0 Å². The highest BCUT2D eigenvalue weighted by Gasteiger charge is 2.23. The van der Waals surface area contributed by atoms with Gasteiger partial charge in [0.05, 0.1) is 18.4 Å². The van der Waals surface area contributed by atoms with Crippen molar-refractivity contribution in [2.24, 2.45) is 0 Å². The zero-order valence-electron chi connectivity index (χ0n) is 14.7. The maximum atomic E-state index is 12.8. The highest BCUT2D eigenvalue weighted by molar-refractivity contribution is 7.92. The molecular formula is C18H21ClN2O4S. The van der Waals surface area contributed by atoms with E-state index < -0.39 is 10.0 Å². The smallest absolute Gasteiger partial charge is 0.265 e. The first-order chi connectivity index (χ1) is 12.3. The number of benzene rings is 2. The molecule has 6 nitrogen and oxygen atoms in total. The molecule has 0 spiro atoms. The van der Waals surface area contributed by atoms with E-state index in [1.807, 2.05) is 13.8 Å². The molecule has 2 aromatic rings. The Kier molecular flexibility index (Phi) is 6.50. The number of sulfonamides is 1. The van der Waals surface area contributed by atoms with Crippen molar-refractivity contribution >= 4 is 33.2 Å². The second-order valence-electron chi connectivity index (χ2n) is 5.73. The van der Waals surface area contributed by atoms with Gasteiger partial charge in [-0.3, -0.25) is 9.52 Å². The van der Waals surface area contributed by atoms with Crippen molar-refractivity contribution in [1.82, 2.24) is 5.32 Å². The second-order valence-corrected chi connectivity index (χ2v) is 7.82. The Hall–Kier alpha value is -2.25. The third-order valence-corrected chi connectivity index (χ3v) is 5.44. The van der Waals surface area contributed by atoms with Crippen LogP contribution in [0.15, 0.2) is 47.4 Å². The Balaban J connectivity index is 2.40. The summed E-state index contributed by atoms with van der Waals surface area (Å²) in [7, 11) is -2.64. The third kappa shape index (κ3) is 4.68. The van der Waals surface area contributed by atoms with Gasteiger partial charge in [-0.25, -0.2) is 8.42 Å². The molecule has 2 rings (SSSR count). The summed E-state index contributed by atoms with van der Waals surface area (Å²) in [5.74, 6) is -0.195. The maximum Gasteiger partial charge on any atom is 0.265 e. The largest absolute Gasteiger partial charge is 0.495 e. The first-order valence-corrected chi connectivity index (χ1v) is 9.90. The number of anilines is 1. The number of amides is 1. The van der Waals surface area contributed by atoms with Crippen LogP contribution in [-0.4, -0.2) is 27.5 Å². The van der Waals surface area contributed by atoms with E-state index in [-0.39, 0.29) is 38.9 Å². The Labute approximate surface area is 158 Å². The van der Waals surface area contributed by atoms with Gasteiger partial charge in [0, 0.05) is 11.1 Å². The van der Waals surface area contributed by atoms with Crippen LogP contribution in [0.5, 0.6) is 5.75 Å². The van der Waals surface area contributed by atoms with E-state index >= 15 is 0 Å². The molecule has 0 fully saturated rings. The molecule has 0 aromatic heterocycles. The summed E-state index contributed by atoms with van der Waals surface area (Å²) >= 11 is 5.93. The van der Waals surface area contributed by atoms with Crippen LogP contribution in [0.1, 0.15) is 30.6 Å². The fourth-order valence-corrected chi connectivity index (χ4v) is 3.75. The lowest BCUT2D eigenvalue weighted by molar-refractivity contribution is 0.0940. The molecular weight excluding hydrogens is 376 g/mol. The zero-order chi connectivity index (χ0) is 19.3.